The average molecular weight is 351 g/mol. The molecule has 0 radical (unpaired) electrons. The molecular formula is C14H24Cl2N4O2. The predicted octanol–water partition coefficient (Wildman–Crippen LogP) is 1.22. The number of morpholine rings is 1. The summed E-state index contributed by atoms with van der Waals surface area (Å²) in [7, 11) is 0. The van der Waals surface area contributed by atoms with Crippen LogP contribution in [0.25, 0.3) is 0 Å². The molecule has 1 amide bonds. The van der Waals surface area contributed by atoms with Crippen molar-refractivity contribution in [3.05, 3.63) is 24.4 Å². The number of ether oxygens (including phenoxy) is 1. The van der Waals surface area contributed by atoms with Gasteiger partial charge in [-0.25, -0.2) is 4.98 Å². The Bertz CT molecular complexity index is 403. The maximum atomic E-state index is 11.8. The first-order valence-corrected chi connectivity index (χ1v) is 7.11. The van der Waals surface area contributed by atoms with Gasteiger partial charge in [-0.1, -0.05) is 6.07 Å². The van der Waals surface area contributed by atoms with Crippen molar-refractivity contribution in [2.75, 3.05) is 38.1 Å². The highest BCUT2D eigenvalue weighted by molar-refractivity contribution is 5.85. The lowest BCUT2D eigenvalue weighted by atomic mass is 10.2. The summed E-state index contributed by atoms with van der Waals surface area (Å²) in [6.45, 7) is 3.57. The number of aromatic nitrogens is 1. The van der Waals surface area contributed by atoms with Crippen LogP contribution in [0.1, 0.15) is 12.8 Å². The summed E-state index contributed by atoms with van der Waals surface area (Å²) >= 11 is 0. The van der Waals surface area contributed by atoms with Crippen LogP contribution < -0.4 is 16.0 Å². The molecule has 1 unspecified atom stereocenters. The van der Waals surface area contributed by atoms with Crippen molar-refractivity contribution >= 4 is 36.5 Å². The summed E-state index contributed by atoms with van der Waals surface area (Å²) in [4.78, 5) is 15.9. The van der Waals surface area contributed by atoms with Crippen molar-refractivity contribution in [1.29, 1.82) is 0 Å². The molecule has 1 fully saturated rings. The largest absolute Gasteiger partial charge is 0.370 e. The second kappa shape index (κ2) is 12.5. The van der Waals surface area contributed by atoms with Crippen molar-refractivity contribution in [2.45, 2.75) is 18.9 Å². The summed E-state index contributed by atoms with van der Waals surface area (Å²) < 4.78 is 5.38. The van der Waals surface area contributed by atoms with Crippen LogP contribution >= 0.6 is 24.8 Å². The monoisotopic (exact) mass is 350 g/mol. The van der Waals surface area contributed by atoms with Gasteiger partial charge in [-0.2, -0.15) is 0 Å². The number of rotatable bonds is 7. The van der Waals surface area contributed by atoms with E-state index in [0.717, 1.165) is 31.7 Å². The van der Waals surface area contributed by atoms with Gasteiger partial charge in [0, 0.05) is 32.4 Å². The van der Waals surface area contributed by atoms with Gasteiger partial charge in [0.15, 0.2) is 0 Å². The molecule has 1 aromatic heterocycles. The van der Waals surface area contributed by atoms with Gasteiger partial charge < -0.3 is 20.7 Å². The minimum atomic E-state index is -0.338. The smallest absolute Gasteiger partial charge is 0.250 e. The quantitative estimate of drug-likeness (QED) is 0.644. The fourth-order valence-electron chi connectivity index (χ4n) is 1.99. The van der Waals surface area contributed by atoms with Crippen LogP contribution in [0.4, 0.5) is 5.82 Å². The van der Waals surface area contributed by atoms with Crippen molar-refractivity contribution in [3.63, 3.8) is 0 Å². The molecule has 8 heteroatoms. The molecular weight excluding hydrogens is 327 g/mol. The lowest BCUT2D eigenvalue weighted by Crippen LogP contribution is -2.48. The van der Waals surface area contributed by atoms with Gasteiger partial charge in [-0.05, 0) is 25.0 Å². The third-order valence-electron chi connectivity index (χ3n) is 3.09. The van der Waals surface area contributed by atoms with Gasteiger partial charge >= 0.3 is 0 Å². The summed E-state index contributed by atoms with van der Waals surface area (Å²) in [6, 6.07) is 5.78. The highest BCUT2D eigenvalue weighted by Crippen LogP contribution is 2.00. The number of nitrogens with one attached hydrogen (secondary N) is 3. The molecule has 1 aromatic rings. The molecule has 1 aliphatic rings. The van der Waals surface area contributed by atoms with Gasteiger partial charge in [0.25, 0.3) is 0 Å². The topological polar surface area (TPSA) is 75.3 Å². The molecule has 126 valence electrons. The molecule has 1 atom stereocenters. The predicted molar refractivity (Wildman–Crippen MR) is 92.1 cm³/mol. The van der Waals surface area contributed by atoms with Crippen LogP contribution in [-0.4, -0.2) is 49.8 Å². The third-order valence-corrected chi connectivity index (χ3v) is 3.09. The number of nitrogens with zero attached hydrogens (tertiary/aromatic N) is 1. The number of pyridine rings is 1. The Morgan fingerprint density at radius 3 is 2.82 bits per heavy atom. The van der Waals surface area contributed by atoms with Crippen LogP contribution in [0.5, 0.6) is 0 Å². The molecule has 22 heavy (non-hydrogen) atoms. The molecule has 3 N–H and O–H groups in total. The van der Waals surface area contributed by atoms with Crippen molar-refractivity contribution in [3.8, 4) is 0 Å². The van der Waals surface area contributed by atoms with E-state index in [2.05, 4.69) is 20.9 Å². The van der Waals surface area contributed by atoms with E-state index in [1.807, 2.05) is 18.2 Å². The number of amides is 1. The van der Waals surface area contributed by atoms with E-state index in [1.165, 1.54) is 0 Å². The van der Waals surface area contributed by atoms with E-state index < -0.39 is 0 Å². The minimum Gasteiger partial charge on any atom is -0.370 e. The Kier molecular flexibility index (Phi) is 11.9. The van der Waals surface area contributed by atoms with Crippen molar-refractivity contribution in [1.82, 2.24) is 15.6 Å². The standard InChI is InChI=1S/C14H22N4O2.2ClH/c19-14(12-11-15-9-10-20-12)18-8-4-3-7-17-13-5-1-2-6-16-13;;/h1-2,5-6,12,15H,3-4,7-11H2,(H,16,17)(H,18,19);2*1H. The zero-order valence-electron chi connectivity index (χ0n) is 12.4. The summed E-state index contributed by atoms with van der Waals surface area (Å²) in [5, 5.41) is 9.28. The summed E-state index contributed by atoms with van der Waals surface area (Å²) in [6.07, 6.45) is 3.35. The number of carbonyl (C=O) groups is 1. The van der Waals surface area contributed by atoms with E-state index in [9.17, 15) is 4.79 Å². The number of hydrogen-bond acceptors (Lipinski definition) is 5. The first-order chi connectivity index (χ1) is 9.86. The van der Waals surface area contributed by atoms with E-state index >= 15 is 0 Å². The van der Waals surface area contributed by atoms with E-state index in [4.69, 9.17) is 4.74 Å². The normalized spacial score (nSPS) is 16.8. The maximum absolute atomic E-state index is 11.8. The number of anilines is 1. The highest BCUT2D eigenvalue weighted by Gasteiger charge is 2.20. The molecule has 0 aromatic carbocycles. The Morgan fingerprint density at radius 2 is 2.14 bits per heavy atom. The molecule has 1 saturated heterocycles. The molecule has 0 spiro atoms. The summed E-state index contributed by atoms with van der Waals surface area (Å²) in [5.41, 5.74) is 0. The molecule has 6 nitrogen and oxygen atoms in total. The van der Waals surface area contributed by atoms with Gasteiger partial charge in [-0.3, -0.25) is 4.79 Å². The van der Waals surface area contributed by atoms with Gasteiger partial charge in [0.2, 0.25) is 5.91 Å². The fraction of sp³-hybridized carbons (Fsp3) is 0.571. The van der Waals surface area contributed by atoms with Crippen molar-refractivity contribution < 1.29 is 9.53 Å². The molecule has 0 saturated carbocycles. The number of carbonyl (C=O) groups excluding carboxylic acids is 1. The molecule has 2 rings (SSSR count). The van der Waals surface area contributed by atoms with Crippen LogP contribution in [-0.2, 0) is 9.53 Å². The molecule has 0 aliphatic carbocycles. The average Bonchev–Trinajstić information content (AvgIpc) is 2.52. The van der Waals surface area contributed by atoms with Gasteiger partial charge in [0.05, 0.1) is 6.61 Å². The van der Waals surface area contributed by atoms with Crippen LogP contribution in [0.15, 0.2) is 24.4 Å². The summed E-state index contributed by atoms with van der Waals surface area (Å²) in [5.74, 6) is 0.869. The Labute approximate surface area is 143 Å². The van der Waals surface area contributed by atoms with Gasteiger partial charge in [0.1, 0.15) is 11.9 Å². The molecule has 0 bridgehead atoms. The second-order valence-electron chi connectivity index (χ2n) is 4.70. The van der Waals surface area contributed by atoms with E-state index in [1.54, 1.807) is 6.20 Å². The third kappa shape index (κ3) is 7.79. The Hall–Kier alpha value is -1.08. The first-order valence-electron chi connectivity index (χ1n) is 7.11. The Morgan fingerprint density at radius 1 is 1.32 bits per heavy atom. The first kappa shape index (κ1) is 20.9. The number of hydrogen-bond donors (Lipinski definition) is 3. The molecule has 2 heterocycles. The molecule has 1 aliphatic heterocycles. The number of halogens is 2. The van der Waals surface area contributed by atoms with Crippen LogP contribution in [0.3, 0.4) is 0 Å². The van der Waals surface area contributed by atoms with E-state index in [-0.39, 0.29) is 36.8 Å². The Balaban J connectivity index is 0.00000220. The SMILES string of the molecule is Cl.Cl.O=C(NCCCCNc1ccccn1)C1CNCCO1. The van der Waals surface area contributed by atoms with Gasteiger partial charge in [-0.15, -0.1) is 24.8 Å². The second-order valence-corrected chi connectivity index (χ2v) is 4.70. The minimum absolute atomic E-state index is 0. The number of unbranched alkanes of at least 4 members (excludes halogenated alkanes) is 1. The van der Waals surface area contributed by atoms with Crippen molar-refractivity contribution in [2.24, 2.45) is 0 Å². The van der Waals surface area contributed by atoms with Crippen LogP contribution in [0.2, 0.25) is 0 Å². The van der Waals surface area contributed by atoms with E-state index in [0.29, 0.717) is 19.7 Å². The lowest BCUT2D eigenvalue weighted by Gasteiger charge is -2.22. The highest BCUT2D eigenvalue weighted by atomic mass is 35.5. The van der Waals surface area contributed by atoms with Crippen LogP contribution in [0, 0.1) is 0 Å². The zero-order chi connectivity index (χ0) is 14.0. The fourth-order valence-corrected chi connectivity index (χ4v) is 1.99. The maximum Gasteiger partial charge on any atom is 0.250 e. The zero-order valence-corrected chi connectivity index (χ0v) is 14.0. The lowest BCUT2D eigenvalue weighted by molar-refractivity contribution is -0.134.